The van der Waals surface area contributed by atoms with E-state index in [1.807, 2.05) is 0 Å². The number of hydrogen-bond acceptors (Lipinski definition) is 0. The molecule has 0 bridgehead atoms. The molecule has 2 aromatic heterocycles. The zero-order valence-corrected chi connectivity index (χ0v) is 72.1. The summed E-state index contributed by atoms with van der Waals surface area (Å²) in [5.41, 5.74) is 39.5. The highest BCUT2D eigenvalue weighted by Crippen LogP contribution is 2.59. The fourth-order valence-electron chi connectivity index (χ4n) is 22.4. The van der Waals surface area contributed by atoms with E-state index in [9.17, 15) is 0 Å². The number of nitrogens with zero attached hydrogens (tertiary/aromatic N) is 2. The molecule has 0 aliphatic heterocycles. The number of fused-ring (bicyclic) bond motifs is 16. The minimum atomic E-state index is -0.481. The first-order valence-electron chi connectivity index (χ1n) is 45.3. The zero-order chi connectivity index (χ0) is 86.1. The van der Waals surface area contributed by atoms with Crippen LogP contribution in [0.3, 0.4) is 0 Å². The van der Waals surface area contributed by atoms with Crippen molar-refractivity contribution in [3.63, 3.8) is 0 Å². The van der Waals surface area contributed by atoms with Crippen molar-refractivity contribution in [2.45, 2.75) is 24.7 Å². The maximum atomic E-state index is 2.51. The van der Waals surface area contributed by atoms with Gasteiger partial charge in [-0.1, -0.05) is 414 Å². The quantitative estimate of drug-likeness (QED) is 0.108. The van der Waals surface area contributed by atoms with E-state index < -0.39 is 5.41 Å². The Hall–Kier alpha value is -16.5. The summed E-state index contributed by atoms with van der Waals surface area (Å²) in [6.45, 7) is 4.74. The lowest BCUT2D eigenvalue weighted by Crippen LogP contribution is -2.28. The van der Waals surface area contributed by atoms with Gasteiger partial charge in [0.2, 0.25) is 0 Å². The van der Waals surface area contributed by atoms with Crippen LogP contribution >= 0.6 is 0 Å². The Morgan fingerprint density at radius 2 is 0.423 bits per heavy atom. The second-order valence-corrected chi connectivity index (χ2v) is 35.6. The summed E-state index contributed by atoms with van der Waals surface area (Å²) in [6, 6.07) is 180. The molecular formula is C128H86N2. The van der Waals surface area contributed by atoms with Gasteiger partial charge in [-0.05, 0) is 273 Å². The molecule has 2 nitrogen and oxygen atoms in total. The van der Waals surface area contributed by atoms with E-state index >= 15 is 0 Å². The summed E-state index contributed by atoms with van der Waals surface area (Å²) in [5.74, 6) is 0. The molecule has 0 radical (unpaired) electrons. The SMILES string of the molecule is CC1(C)c2ccccc2-c2ccc(-c3c4ccccc4c(-c4ccc(-n5c6ccccc6c6cc(-c7cccc(-c8ccccc8)c7)ccc65)cc4)c4ccccc34)cc21.c1ccc(-c2cccc(-c3ccc4c(c3)c3ccccc3n4-c3ccc(-c4c5ccccc5c(-c5ccc6c(c5)C(c5ccccc5)(c5ccccc5)c5ccccc5-6)c5ccccc45)cc3)c2)cc1. The fraction of sp³-hybridized carbons (Fsp3) is 0.0312. The highest BCUT2D eigenvalue weighted by molar-refractivity contribution is 6.24. The Kier molecular flexibility index (Phi) is 17.9. The Morgan fingerprint density at radius 3 is 0.831 bits per heavy atom. The molecule has 24 aromatic rings. The smallest absolute Gasteiger partial charge is 0.0713 e. The first-order valence-corrected chi connectivity index (χ1v) is 45.3. The molecular weight excluding hydrogens is 1570 g/mol. The van der Waals surface area contributed by atoms with Crippen LogP contribution in [0.1, 0.15) is 47.2 Å². The second-order valence-electron chi connectivity index (χ2n) is 35.6. The van der Waals surface area contributed by atoms with Gasteiger partial charge >= 0.3 is 0 Å². The van der Waals surface area contributed by atoms with Crippen LogP contribution in [0, 0.1) is 0 Å². The number of rotatable bonds is 12. The van der Waals surface area contributed by atoms with Gasteiger partial charge in [0.15, 0.2) is 0 Å². The van der Waals surface area contributed by atoms with Crippen molar-refractivity contribution >= 4 is 86.7 Å². The van der Waals surface area contributed by atoms with Gasteiger partial charge in [-0.15, -0.1) is 0 Å². The zero-order valence-electron chi connectivity index (χ0n) is 72.1. The van der Waals surface area contributed by atoms with Gasteiger partial charge in [-0.3, -0.25) is 0 Å². The van der Waals surface area contributed by atoms with Crippen LogP contribution in [0.15, 0.2) is 485 Å². The van der Waals surface area contributed by atoms with Crippen LogP contribution in [0.4, 0.5) is 0 Å². The largest absolute Gasteiger partial charge is 0.309 e. The third kappa shape index (κ3) is 12.1. The molecule has 0 N–H and O–H groups in total. The third-order valence-corrected chi connectivity index (χ3v) is 28.3. The summed E-state index contributed by atoms with van der Waals surface area (Å²) >= 11 is 0. The van der Waals surface area contributed by atoms with Crippen LogP contribution < -0.4 is 0 Å². The van der Waals surface area contributed by atoms with Crippen LogP contribution in [0.2, 0.25) is 0 Å². The van der Waals surface area contributed by atoms with Crippen molar-refractivity contribution in [2.75, 3.05) is 0 Å². The third-order valence-electron chi connectivity index (χ3n) is 28.3. The van der Waals surface area contributed by atoms with Crippen LogP contribution in [-0.4, -0.2) is 9.13 Å². The average Bonchev–Trinajstić information content (AvgIpc) is 1.53. The predicted octanol–water partition coefficient (Wildman–Crippen LogP) is 34.2. The Balaban J connectivity index is 0.000000142. The number of para-hydroxylation sites is 2. The summed E-state index contributed by atoms with van der Waals surface area (Å²) in [4.78, 5) is 0. The molecule has 0 unspecified atom stereocenters. The van der Waals surface area contributed by atoms with E-state index in [0.29, 0.717) is 0 Å². The normalized spacial score (nSPS) is 12.8. The van der Waals surface area contributed by atoms with Gasteiger partial charge in [-0.2, -0.15) is 0 Å². The maximum absolute atomic E-state index is 2.51. The summed E-state index contributed by atoms with van der Waals surface area (Å²) < 4.78 is 4.85. The van der Waals surface area contributed by atoms with Crippen LogP contribution in [0.25, 0.3) is 209 Å². The molecule has 2 heteroatoms. The fourth-order valence-corrected chi connectivity index (χ4v) is 22.4. The lowest BCUT2D eigenvalue weighted by Gasteiger charge is -2.34. The summed E-state index contributed by atoms with van der Waals surface area (Å²) in [5, 5.41) is 15.1. The van der Waals surface area contributed by atoms with Gasteiger partial charge in [0, 0.05) is 38.3 Å². The van der Waals surface area contributed by atoms with E-state index in [2.05, 4.69) is 508 Å². The molecule has 608 valence electrons. The van der Waals surface area contributed by atoms with E-state index in [1.165, 1.54) is 231 Å². The van der Waals surface area contributed by atoms with Crippen molar-refractivity contribution in [3.8, 4) is 123 Å². The Morgan fingerprint density at radius 1 is 0.154 bits per heavy atom. The first-order chi connectivity index (χ1) is 64.3. The number of benzene rings is 22. The molecule has 2 aliphatic rings. The van der Waals surface area contributed by atoms with Crippen LogP contribution in [-0.2, 0) is 10.8 Å². The second kappa shape index (κ2) is 30.7. The van der Waals surface area contributed by atoms with Crippen molar-refractivity contribution < 1.29 is 0 Å². The molecule has 130 heavy (non-hydrogen) atoms. The topological polar surface area (TPSA) is 9.86 Å². The lowest BCUT2D eigenvalue weighted by molar-refractivity contribution is 0.660. The molecule has 0 saturated carbocycles. The maximum Gasteiger partial charge on any atom is 0.0713 e. The molecule has 0 spiro atoms. The van der Waals surface area contributed by atoms with Crippen molar-refractivity contribution in [3.05, 3.63) is 519 Å². The van der Waals surface area contributed by atoms with Crippen molar-refractivity contribution in [1.29, 1.82) is 0 Å². The molecule has 0 atom stereocenters. The monoisotopic (exact) mass is 1650 g/mol. The van der Waals surface area contributed by atoms with Gasteiger partial charge in [0.05, 0.1) is 27.5 Å². The highest BCUT2D eigenvalue weighted by Gasteiger charge is 2.46. The van der Waals surface area contributed by atoms with Gasteiger partial charge in [0.25, 0.3) is 0 Å². The van der Waals surface area contributed by atoms with E-state index in [0.717, 1.165) is 11.4 Å². The molecule has 2 aliphatic carbocycles. The van der Waals surface area contributed by atoms with E-state index in [4.69, 9.17) is 0 Å². The average molecular weight is 1650 g/mol. The minimum Gasteiger partial charge on any atom is -0.309 e. The standard InChI is InChI=1S/C69H45N.C59H41N/c1-4-19-46(20-5-1)48-21-18-22-49(43-48)50-38-42-66-62(44-50)57-28-15-17-34-65(57)70(66)54-39-35-47(36-40-54)67-58-29-10-12-31-60(58)68(61-32-13-11-30-59(61)67)51-37-41-56-55-27-14-16-33-63(55)69(64(56)45-51,52-23-6-2-7-24-52)53-25-8-3-9-26-53;1-59(2)53-25-12-10-19-45(53)46-33-29-43(37-54(46)59)58-50-23-8-6-21-48(50)57(49-22-7-9-24-51(49)58)39-27-31-44(32-28-39)60-55-26-13-11-20-47(55)52-36-42(30-34-56(52)60)41-18-14-17-40(35-41)38-15-4-3-5-16-38/h1-45H;3-37H,1-2H3. The first kappa shape index (κ1) is 76.0. The molecule has 2 heterocycles. The van der Waals surface area contributed by atoms with Gasteiger partial charge in [-0.25, -0.2) is 0 Å². The van der Waals surface area contributed by atoms with Crippen molar-refractivity contribution in [2.24, 2.45) is 0 Å². The molecule has 22 aromatic carbocycles. The summed E-state index contributed by atoms with van der Waals surface area (Å²) in [6.07, 6.45) is 0. The summed E-state index contributed by atoms with van der Waals surface area (Å²) in [7, 11) is 0. The molecule has 0 saturated heterocycles. The Labute approximate surface area is 756 Å². The minimum absolute atomic E-state index is 0.0671. The van der Waals surface area contributed by atoms with Crippen molar-refractivity contribution in [1.82, 2.24) is 9.13 Å². The lowest BCUT2D eigenvalue weighted by atomic mass is 9.67. The van der Waals surface area contributed by atoms with Gasteiger partial charge in [0.1, 0.15) is 0 Å². The number of aromatic nitrogens is 2. The molecule has 0 fully saturated rings. The van der Waals surface area contributed by atoms with E-state index in [1.54, 1.807) is 0 Å². The van der Waals surface area contributed by atoms with Crippen LogP contribution in [0.5, 0.6) is 0 Å². The number of hydrogen-bond donors (Lipinski definition) is 0. The predicted molar refractivity (Wildman–Crippen MR) is 550 cm³/mol. The molecule has 26 rings (SSSR count). The Bertz CT molecular complexity index is 8490. The van der Waals surface area contributed by atoms with Gasteiger partial charge < -0.3 is 9.13 Å². The van der Waals surface area contributed by atoms with E-state index in [-0.39, 0.29) is 5.41 Å². The highest BCUT2D eigenvalue weighted by atomic mass is 15.0. The molecule has 0 amide bonds.